The minimum Gasteiger partial charge on any atom is -0.356 e. The molecule has 2 N–H and O–H groups in total. The molecular formula is C15H22N4O. The molecule has 2 aromatic rings. The van der Waals surface area contributed by atoms with Crippen LogP contribution in [-0.4, -0.2) is 48.0 Å². The molecule has 0 bridgehead atoms. The standard InChI is InChI=1S/C15H22N4O/c1-11-17-13-6-5-12(9-14(13)18-11)10-15(20)16-7-4-8-19(2)3/h5-6,9H,4,7-8,10H2,1-3H3,(H,16,20)(H,17,18). The average Bonchev–Trinajstić information content (AvgIpc) is 2.74. The minimum atomic E-state index is 0.0688. The highest BCUT2D eigenvalue weighted by atomic mass is 16.1. The quantitative estimate of drug-likeness (QED) is 0.784. The highest BCUT2D eigenvalue weighted by molar-refractivity contribution is 5.81. The summed E-state index contributed by atoms with van der Waals surface area (Å²) in [5.41, 5.74) is 2.93. The Kier molecular flexibility index (Phi) is 4.74. The molecule has 0 spiro atoms. The Bertz CT molecular complexity index is 589. The lowest BCUT2D eigenvalue weighted by Gasteiger charge is -2.09. The molecule has 1 aromatic carbocycles. The van der Waals surface area contributed by atoms with Crippen LogP contribution in [0.5, 0.6) is 0 Å². The molecule has 0 aliphatic carbocycles. The fraction of sp³-hybridized carbons (Fsp3) is 0.467. The van der Waals surface area contributed by atoms with Gasteiger partial charge in [-0.25, -0.2) is 4.98 Å². The Labute approximate surface area is 119 Å². The van der Waals surface area contributed by atoms with E-state index < -0.39 is 0 Å². The van der Waals surface area contributed by atoms with Crippen LogP contribution in [0.1, 0.15) is 17.8 Å². The summed E-state index contributed by atoms with van der Waals surface area (Å²) in [4.78, 5) is 21.5. The van der Waals surface area contributed by atoms with Crippen molar-refractivity contribution < 1.29 is 4.79 Å². The van der Waals surface area contributed by atoms with Gasteiger partial charge in [-0.3, -0.25) is 4.79 Å². The van der Waals surface area contributed by atoms with Crippen molar-refractivity contribution >= 4 is 16.9 Å². The number of amides is 1. The van der Waals surface area contributed by atoms with Crippen LogP contribution in [0, 0.1) is 6.92 Å². The number of aromatic amines is 1. The molecule has 1 aromatic heterocycles. The summed E-state index contributed by atoms with van der Waals surface area (Å²) in [6.45, 7) is 3.64. The van der Waals surface area contributed by atoms with Gasteiger partial charge in [0.05, 0.1) is 17.5 Å². The molecule has 5 heteroatoms. The van der Waals surface area contributed by atoms with E-state index in [9.17, 15) is 4.79 Å². The van der Waals surface area contributed by atoms with E-state index in [1.165, 1.54) is 0 Å². The molecule has 5 nitrogen and oxygen atoms in total. The van der Waals surface area contributed by atoms with Gasteiger partial charge in [0, 0.05) is 6.54 Å². The van der Waals surface area contributed by atoms with E-state index in [0.717, 1.165) is 41.9 Å². The van der Waals surface area contributed by atoms with Gasteiger partial charge >= 0.3 is 0 Å². The zero-order valence-electron chi connectivity index (χ0n) is 12.4. The number of hydrogen-bond acceptors (Lipinski definition) is 3. The Morgan fingerprint density at radius 1 is 1.40 bits per heavy atom. The first-order valence-corrected chi connectivity index (χ1v) is 6.91. The van der Waals surface area contributed by atoms with E-state index in [1.807, 2.05) is 39.2 Å². The van der Waals surface area contributed by atoms with Gasteiger partial charge in [-0.2, -0.15) is 0 Å². The molecular weight excluding hydrogens is 252 g/mol. The molecule has 2 rings (SSSR count). The van der Waals surface area contributed by atoms with Gasteiger partial charge in [0.15, 0.2) is 0 Å². The molecule has 0 aliphatic rings. The first-order valence-electron chi connectivity index (χ1n) is 6.91. The first kappa shape index (κ1) is 14.5. The van der Waals surface area contributed by atoms with Crippen molar-refractivity contribution in [2.75, 3.05) is 27.2 Å². The molecule has 0 aliphatic heterocycles. The van der Waals surface area contributed by atoms with Crippen LogP contribution in [0.25, 0.3) is 11.0 Å². The summed E-state index contributed by atoms with van der Waals surface area (Å²) in [5.74, 6) is 0.963. The van der Waals surface area contributed by atoms with Gasteiger partial charge in [0.1, 0.15) is 5.82 Å². The third kappa shape index (κ3) is 4.06. The van der Waals surface area contributed by atoms with Crippen LogP contribution in [0.15, 0.2) is 18.2 Å². The van der Waals surface area contributed by atoms with Gasteiger partial charge in [0.2, 0.25) is 5.91 Å². The van der Waals surface area contributed by atoms with Crippen molar-refractivity contribution in [2.24, 2.45) is 0 Å². The van der Waals surface area contributed by atoms with E-state index in [-0.39, 0.29) is 5.91 Å². The predicted molar refractivity (Wildman–Crippen MR) is 80.7 cm³/mol. The summed E-state index contributed by atoms with van der Waals surface area (Å²) in [6.07, 6.45) is 1.38. The summed E-state index contributed by atoms with van der Waals surface area (Å²) in [5, 5.41) is 2.95. The lowest BCUT2D eigenvalue weighted by atomic mass is 10.1. The zero-order valence-corrected chi connectivity index (χ0v) is 12.4. The topological polar surface area (TPSA) is 61.0 Å². The summed E-state index contributed by atoms with van der Waals surface area (Å²) < 4.78 is 0. The number of nitrogens with zero attached hydrogens (tertiary/aromatic N) is 2. The number of rotatable bonds is 6. The van der Waals surface area contributed by atoms with E-state index in [2.05, 4.69) is 20.2 Å². The maximum Gasteiger partial charge on any atom is 0.224 e. The molecule has 1 heterocycles. The molecule has 0 saturated heterocycles. The molecule has 0 unspecified atom stereocenters. The number of aromatic nitrogens is 2. The molecule has 0 radical (unpaired) electrons. The highest BCUT2D eigenvalue weighted by Gasteiger charge is 2.05. The van der Waals surface area contributed by atoms with Gasteiger partial charge < -0.3 is 15.2 Å². The van der Waals surface area contributed by atoms with E-state index >= 15 is 0 Å². The van der Waals surface area contributed by atoms with Gasteiger partial charge in [-0.05, 0) is 51.7 Å². The van der Waals surface area contributed by atoms with E-state index in [1.54, 1.807) is 0 Å². The maximum atomic E-state index is 11.8. The Morgan fingerprint density at radius 2 is 2.20 bits per heavy atom. The lowest BCUT2D eigenvalue weighted by Crippen LogP contribution is -2.28. The van der Waals surface area contributed by atoms with Crippen LogP contribution < -0.4 is 5.32 Å². The second kappa shape index (κ2) is 6.52. The number of benzene rings is 1. The molecule has 0 saturated carbocycles. The Hall–Kier alpha value is -1.88. The number of fused-ring (bicyclic) bond motifs is 1. The number of carbonyl (C=O) groups is 1. The number of nitrogens with one attached hydrogen (secondary N) is 2. The Balaban J connectivity index is 1.86. The second-order valence-electron chi connectivity index (χ2n) is 5.36. The van der Waals surface area contributed by atoms with Gasteiger partial charge in [-0.15, -0.1) is 0 Å². The van der Waals surface area contributed by atoms with Crippen LogP contribution in [0.2, 0.25) is 0 Å². The van der Waals surface area contributed by atoms with Crippen molar-refractivity contribution in [3.63, 3.8) is 0 Å². The lowest BCUT2D eigenvalue weighted by molar-refractivity contribution is -0.120. The fourth-order valence-corrected chi connectivity index (χ4v) is 2.17. The van der Waals surface area contributed by atoms with E-state index in [4.69, 9.17) is 0 Å². The van der Waals surface area contributed by atoms with Crippen LogP contribution in [-0.2, 0) is 11.2 Å². The van der Waals surface area contributed by atoms with Crippen molar-refractivity contribution in [3.8, 4) is 0 Å². The SMILES string of the molecule is Cc1nc2ccc(CC(=O)NCCCN(C)C)cc2[nH]1. The fourth-order valence-electron chi connectivity index (χ4n) is 2.17. The summed E-state index contributed by atoms with van der Waals surface area (Å²) in [7, 11) is 4.06. The molecule has 1 amide bonds. The maximum absolute atomic E-state index is 11.8. The Morgan fingerprint density at radius 3 is 2.95 bits per heavy atom. The van der Waals surface area contributed by atoms with Crippen molar-refractivity contribution in [1.29, 1.82) is 0 Å². The molecule has 0 atom stereocenters. The van der Waals surface area contributed by atoms with Crippen molar-refractivity contribution in [1.82, 2.24) is 20.2 Å². The third-order valence-electron chi connectivity index (χ3n) is 3.13. The third-order valence-corrected chi connectivity index (χ3v) is 3.13. The van der Waals surface area contributed by atoms with Crippen LogP contribution in [0.3, 0.4) is 0 Å². The van der Waals surface area contributed by atoms with Crippen molar-refractivity contribution in [2.45, 2.75) is 19.8 Å². The second-order valence-corrected chi connectivity index (χ2v) is 5.36. The van der Waals surface area contributed by atoms with Gasteiger partial charge in [-0.1, -0.05) is 6.07 Å². The van der Waals surface area contributed by atoms with Gasteiger partial charge in [0.25, 0.3) is 0 Å². The van der Waals surface area contributed by atoms with Crippen molar-refractivity contribution in [3.05, 3.63) is 29.6 Å². The smallest absolute Gasteiger partial charge is 0.224 e. The number of hydrogen-bond donors (Lipinski definition) is 2. The number of imidazole rings is 1. The molecule has 20 heavy (non-hydrogen) atoms. The highest BCUT2D eigenvalue weighted by Crippen LogP contribution is 2.13. The number of H-pyrrole nitrogens is 1. The average molecular weight is 274 g/mol. The first-order chi connectivity index (χ1) is 9.54. The van der Waals surface area contributed by atoms with Crippen LogP contribution >= 0.6 is 0 Å². The molecule has 108 valence electrons. The summed E-state index contributed by atoms with van der Waals surface area (Å²) >= 11 is 0. The number of carbonyl (C=O) groups excluding carboxylic acids is 1. The number of aryl methyl sites for hydroxylation is 1. The minimum absolute atomic E-state index is 0.0688. The largest absolute Gasteiger partial charge is 0.356 e. The molecule has 0 fully saturated rings. The zero-order chi connectivity index (χ0) is 14.5. The van der Waals surface area contributed by atoms with Crippen LogP contribution in [0.4, 0.5) is 0 Å². The monoisotopic (exact) mass is 274 g/mol. The predicted octanol–water partition coefficient (Wildman–Crippen LogP) is 1.48. The van der Waals surface area contributed by atoms with E-state index in [0.29, 0.717) is 6.42 Å². The summed E-state index contributed by atoms with van der Waals surface area (Å²) in [6, 6.07) is 5.91. The normalized spacial score (nSPS) is 11.2.